The van der Waals surface area contributed by atoms with Crippen LogP contribution in [-0.4, -0.2) is 17.6 Å². The van der Waals surface area contributed by atoms with Gasteiger partial charge in [-0.15, -0.1) is 0 Å². The highest BCUT2D eigenvalue weighted by Gasteiger charge is 2.14. The van der Waals surface area contributed by atoms with Gasteiger partial charge in [0.15, 0.2) is 5.11 Å². The van der Waals surface area contributed by atoms with Gasteiger partial charge in [0.1, 0.15) is 0 Å². The Kier molecular flexibility index (Phi) is 7.16. The van der Waals surface area contributed by atoms with Crippen LogP contribution in [0.4, 0.5) is 0 Å². The second-order valence-corrected chi connectivity index (χ2v) is 7.66. The Morgan fingerprint density at radius 1 is 0.962 bits per heavy atom. The van der Waals surface area contributed by atoms with E-state index in [-0.39, 0.29) is 11.3 Å². The van der Waals surface area contributed by atoms with Crippen LogP contribution in [0.2, 0.25) is 0 Å². The predicted octanol–water partition coefficient (Wildman–Crippen LogP) is 3.73. The molecule has 0 aliphatic heterocycles. The molecular formula is C21H27N3OS. The van der Waals surface area contributed by atoms with E-state index >= 15 is 0 Å². The standard InChI is InChI=1S/C21H27N3OS/c1-21(2,3)18-13-11-17(12-14-18)19(25)23-24-20(26)22-15-7-10-16-8-5-4-6-9-16/h4-6,8-9,11-14H,7,10,15H2,1-3H3,(H,23,25)(H2,22,24,26). The molecule has 0 bridgehead atoms. The molecule has 0 aromatic heterocycles. The van der Waals surface area contributed by atoms with Gasteiger partial charge in [0.25, 0.3) is 5.91 Å². The van der Waals surface area contributed by atoms with Crippen molar-refractivity contribution in [3.63, 3.8) is 0 Å². The first kappa shape index (κ1) is 19.9. The zero-order valence-corrected chi connectivity index (χ0v) is 16.5. The van der Waals surface area contributed by atoms with E-state index in [9.17, 15) is 4.79 Å². The zero-order chi connectivity index (χ0) is 19.0. The van der Waals surface area contributed by atoms with Crippen molar-refractivity contribution >= 4 is 23.2 Å². The van der Waals surface area contributed by atoms with Crippen LogP contribution < -0.4 is 16.2 Å². The molecule has 1 amide bonds. The van der Waals surface area contributed by atoms with E-state index in [0.29, 0.717) is 10.7 Å². The fraction of sp³-hybridized carbons (Fsp3) is 0.333. The Hall–Kier alpha value is -2.40. The van der Waals surface area contributed by atoms with E-state index < -0.39 is 0 Å². The third-order valence-electron chi connectivity index (χ3n) is 4.07. The largest absolute Gasteiger partial charge is 0.361 e. The second kappa shape index (κ2) is 9.34. The number of thiocarbonyl (C=S) groups is 1. The van der Waals surface area contributed by atoms with Gasteiger partial charge in [-0.05, 0) is 53.7 Å². The van der Waals surface area contributed by atoms with Gasteiger partial charge < -0.3 is 5.32 Å². The Morgan fingerprint density at radius 3 is 2.23 bits per heavy atom. The molecule has 0 spiro atoms. The zero-order valence-electron chi connectivity index (χ0n) is 15.6. The summed E-state index contributed by atoms with van der Waals surface area (Å²) in [6, 6.07) is 17.9. The van der Waals surface area contributed by atoms with Gasteiger partial charge in [-0.25, -0.2) is 0 Å². The van der Waals surface area contributed by atoms with Gasteiger partial charge in [0.2, 0.25) is 0 Å². The van der Waals surface area contributed by atoms with Gasteiger partial charge in [-0.2, -0.15) is 0 Å². The number of carbonyl (C=O) groups excluding carboxylic acids is 1. The van der Waals surface area contributed by atoms with Crippen LogP contribution in [0.3, 0.4) is 0 Å². The van der Waals surface area contributed by atoms with Crippen molar-refractivity contribution in [2.45, 2.75) is 39.0 Å². The molecule has 0 radical (unpaired) electrons. The SMILES string of the molecule is CC(C)(C)c1ccc(C(=O)NNC(=S)NCCCc2ccccc2)cc1. The first-order valence-electron chi connectivity index (χ1n) is 8.85. The highest BCUT2D eigenvalue weighted by atomic mass is 32.1. The number of nitrogens with one attached hydrogen (secondary N) is 3. The number of hydrazine groups is 1. The van der Waals surface area contributed by atoms with Crippen LogP contribution in [0.15, 0.2) is 54.6 Å². The van der Waals surface area contributed by atoms with E-state index in [0.717, 1.165) is 19.4 Å². The van der Waals surface area contributed by atoms with Gasteiger partial charge in [0.05, 0.1) is 0 Å². The fourth-order valence-corrected chi connectivity index (χ4v) is 2.64. The van der Waals surface area contributed by atoms with E-state index in [1.54, 1.807) is 0 Å². The lowest BCUT2D eigenvalue weighted by Gasteiger charge is -2.19. The molecule has 0 fully saturated rings. The maximum atomic E-state index is 12.2. The summed E-state index contributed by atoms with van der Waals surface area (Å²) in [5, 5.41) is 3.51. The molecule has 2 aromatic rings. The molecule has 0 saturated carbocycles. The summed E-state index contributed by atoms with van der Waals surface area (Å²) in [6.07, 6.45) is 1.96. The highest BCUT2D eigenvalue weighted by Crippen LogP contribution is 2.22. The first-order valence-corrected chi connectivity index (χ1v) is 9.26. The molecule has 2 rings (SSSR count). The number of hydrogen-bond donors (Lipinski definition) is 3. The lowest BCUT2D eigenvalue weighted by Crippen LogP contribution is -2.47. The summed E-state index contributed by atoms with van der Waals surface area (Å²) in [7, 11) is 0. The Balaban J connectivity index is 1.69. The Bertz CT molecular complexity index is 721. The van der Waals surface area contributed by atoms with Gasteiger partial charge >= 0.3 is 0 Å². The van der Waals surface area contributed by atoms with Crippen LogP contribution in [0.25, 0.3) is 0 Å². The average molecular weight is 370 g/mol. The molecule has 3 N–H and O–H groups in total. The molecule has 0 saturated heterocycles. The first-order chi connectivity index (χ1) is 12.4. The molecule has 138 valence electrons. The van der Waals surface area contributed by atoms with Crippen molar-refractivity contribution < 1.29 is 4.79 Å². The van der Waals surface area contributed by atoms with Crippen LogP contribution in [-0.2, 0) is 11.8 Å². The van der Waals surface area contributed by atoms with Crippen molar-refractivity contribution in [1.29, 1.82) is 0 Å². The summed E-state index contributed by atoms with van der Waals surface area (Å²) in [4.78, 5) is 12.2. The van der Waals surface area contributed by atoms with Crippen LogP contribution in [0.1, 0.15) is 48.7 Å². The molecule has 26 heavy (non-hydrogen) atoms. The van der Waals surface area contributed by atoms with Crippen molar-refractivity contribution in [2.24, 2.45) is 0 Å². The molecule has 0 atom stereocenters. The summed E-state index contributed by atoms with van der Waals surface area (Å²) < 4.78 is 0. The minimum Gasteiger partial charge on any atom is -0.361 e. The van der Waals surface area contributed by atoms with Gasteiger partial charge in [0, 0.05) is 12.1 Å². The van der Waals surface area contributed by atoms with E-state index in [1.165, 1.54) is 11.1 Å². The number of carbonyl (C=O) groups is 1. The molecule has 4 nitrogen and oxygen atoms in total. The summed E-state index contributed by atoms with van der Waals surface area (Å²) in [5.41, 5.74) is 8.53. The molecule has 0 aliphatic rings. The lowest BCUT2D eigenvalue weighted by atomic mass is 9.87. The number of rotatable bonds is 5. The van der Waals surface area contributed by atoms with Gasteiger partial charge in [-0.3, -0.25) is 15.6 Å². The number of hydrogen-bond acceptors (Lipinski definition) is 2. The quantitative estimate of drug-likeness (QED) is 0.427. The van der Waals surface area contributed by atoms with E-state index in [4.69, 9.17) is 12.2 Å². The number of aryl methyl sites for hydroxylation is 1. The summed E-state index contributed by atoms with van der Waals surface area (Å²) >= 11 is 5.19. The predicted molar refractivity (Wildman–Crippen MR) is 111 cm³/mol. The molecule has 2 aromatic carbocycles. The Morgan fingerprint density at radius 2 is 1.62 bits per heavy atom. The van der Waals surface area contributed by atoms with Crippen molar-refractivity contribution in [3.8, 4) is 0 Å². The third kappa shape index (κ3) is 6.48. The monoisotopic (exact) mass is 369 g/mol. The molecule has 0 aliphatic carbocycles. The van der Waals surface area contributed by atoms with Crippen molar-refractivity contribution in [1.82, 2.24) is 16.2 Å². The Labute approximate surface area is 161 Å². The maximum Gasteiger partial charge on any atom is 0.269 e. The van der Waals surface area contributed by atoms with E-state index in [1.807, 2.05) is 42.5 Å². The molecule has 0 heterocycles. The van der Waals surface area contributed by atoms with Crippen molar-refractivity contribution in [3.05, 3.63) is 71.3 Å². The minimum atomic E-state index is -0.209. The van der Waals surface area contributed by atoms with Crippen molar-refractivity contribution in [2.75, 3.05) is 6.54 Å². The van der Waals surface area contributed by atoms with Crippen LogP contribution in [0.5, 0.6) is 0 Å². The molecule has 0 unspecified atom stereocenters. The number of amides is 1. The maximum absolute atomic E-state index is 12.2. The topological polar surface area (TPSA) is 53.2 Å². The molecule has 5 heteroatoms. The van der Waals surface area contributed by atoms with E-state index in [2.05, 4.69) is 49.1 Å². The molecular weight excluding hydrogens is 342 g/mol. The average Bonchev–Trinajstić information content (AvgIpc) is 2.63. The van der Waals surface area contributed by atoms with Gasteiger partial charge in [-0.1, -0.05) is 63.2 Å². The third-order valence-corrected chi connectivity index (χ3v) is 4.32. The highest BCUT2D eigenvalue weighted by molar-refractivity contribution is 7.80. The number of benzene rings is 2. The smallest absolute Gasteiger partial charge is 0.269 e. The second-order valence-electron chi connectivity index (χ2n) is 7.25. The normalized spacial score (nSPS) is 10.9. The van der Waals surface area contributed by atoms with Crippen LogP contribution >= 0.6 is 12.2 Å². The van der Waals surface area contributed by atoms with Crippen LogP contribution in [0, 0.1) is 0 Å². The lowest BCUT2D eigenvalue weighted by molar-refractivity contribution is 0.0943. The minimum absolute atomic E-state index is 0.0679. The fourth-order valence-electron chi connectivity index (χ4n) is 2.49. The summed E-state index contributed by atoms with van der Waals surface area (Å²) in [5.74, 6) is -0.209. The summed E-state index contributed by atoms with van der Waals surface area (Å²) in [6.45, 7) is 7.18.